The van der Waals surface area contributed by atoms with Crippen molar-refractivity contribution in [3.63, 3.8) is 0 Å². The van der Waals surface area contributed by atoms with Gasteiger partial charge >= 0.3 is 5.97 Å². The fraction of sp³-hybridized carbons (Fsp3) is 0.105. The van der Waals surface area contributed by atoms with Crippen molar-refractivity contribution in [3.05, 3.63) is 57.2 Å². The second kappa shape index (κ2) is 6.51. The number of halogens is 2. The van der Waals surface area contributed by atoms with Crippen LogP contribution in [0.1, 0.15) is 28.6 Å². The van der Waals surface area contributed by atoms with E-state index >= 15 is 0 Å². The first kappa shape index (κ1) is 17.8. The van der Waals surface area contributed by atoms with E-state index in [4.69, 9.17) is 16.7 Å². The maximum atomic E-state index is 12.5. The summed E-state index contributed by atoms with van der Waals surface area (Å²) in [7, 11) is 0. The molecule has 2 amide bonds. The summed E-state index contributed by atoms with van der Waals surface area (Å²) in [6.07, 6.45) is 1.65. The van der Waals surface area contributed by atoms with E-state index in [9.17, 15) is 14.4 Å². The Morgan fingerprint density at radius 2 is 1.89 bits per heavy atom. The van der Waals surface area contributed by atoms with Gasteiger partial charge in [-0.1, -0.05) is 29.8 Å². The molecule has 1 aliphatic heterocycles. The van der Waals surface area contributed by atoms with Gasteiger partial charge in [-0.3, -0.25) is 19.7 Å². The topological polar surface area (TPSA) is 88.4 Å². The van der Waals surface area contributed by atoms with Crippen molar-refractivity contribution in [2.24, 2.45) is 0 Å². The maximum absolute atomic E-state index is 12.5. The molecule has 2 N–H and O–H groups in total. The first-order valence-electron chi connectivity index (χ1n) is 8.06. The highest BCUT2D eigenvalue weighted by Crippen LogP contribution is 2.41. The number of carbonyl (C=O) groups excluding carboxylic acids is 2. The molecule has 0 fully saturated rings. The molecule has 8 heteroatoms. The summed E-state index contributed by atoms with van der Waals surface area (Å²) in [6.45, 7) is 0.230. The molecule has 0 atom stereocenters. The highest BCUT2D eigenvalue weighted by molar-refractivity contribution is 9.10. The summed E-state index contributed by atoms with van der Waals surface area (Å²) >= 11 is 9.77. The van der Waals surface area contributed by atoms with Crippen LogP contribution in [0, 0.1) is 0 Å². The molecule has 1 aromatic heterocycles. The SMILES string of the molecule is O=C(O)CCn1cc(Br)c2c3c(c(-c4ccccc4Cl)cc21)C(=O)NC3=O.[HH]. The third kappa shape index (κ3) is 2.83. The van der Waals surface area contributed by atoms with Gasteiger partial charge in [0.25, 0.3) is 11.8 Å². The highest BCUT2D eigenvalue weighted by Gasteiger charge is 2.34. The predicted octanol–water partition coefficient (Wildman–Crippen LogP) is 4.33. The summed E-state index contributed by atoms with van der Waals surface area (Å²) in [5, 5.41) is 12.4. The minimum atomic E-state index is -0.923. The maximum Gasteiger partial charge on any atom is 0.305 e. The third-order valence-corrected chi connectivity index (χ3v) is 5.47. The van der Waals surface area contributed by atoms with Crippen LogP contribution in [0.4, 0.5) is 0 Å². The van der Waals surface area contributed by atoms with Crippen LogP contribution in [0.25, 0.3) is 22.0 Å². The number of nitrogens with zero attached hydrogens (tertiary/aromatic N) is 1. The molecule has 138 valence electrons. The lowest BCUT2D eigenvalue weighted by atomic mass is 9.94. The Kier molecular flexibility index (Phi) is 4.28. The van der Waals surface area contributed by atoms with Gasteiger partial charge in [0.15, 0.2) is 0 Å². The van der Waals surface area contributed by atoms with Crippen LogP contribution in [0.15, 0.2) is 41.0 Å². The van der Waals surface area contributed by atoms with Crippen LogP contribution in [0.2, 0.25) is 5.02 Å². The first-order chi connectivity index (χ1) is 12.9. The number of imide groups is 1. The van der Waals surface area contributed by atoms with Gasteiger partial charge in [0.05, 0.1) is 23.1 Å². The lowest BCUT2D eigenvalue weighted by Crippen LogP contribution is -2.20. The van der Waals surface area contributed by atoms with Crippen molar-refractivity contribution < 1.29 is 20.9 Å². The molecule has 0 aliphatic carbocycles. The molecule has 0 saturated heterocycles. The number of benzene rings is 2. The van der Waals surface area contributed by atoms with Gasteiger partial charge < -0.3 is 9.67 Å². The molecular weight excluding hydrogens is 436 g/mol. The number of aromatic nitrogens is 1. The number of aryl methyl sites for hydroxylation is 1. The first-order valence-corrected chi connectivity index (χ1v) is 9.23. The Morgan fingerprint density at radius 1 is 1.19 bits per heavy atom. The van der Waals surface area contributed by atoms with Crippen LogP contribution in [0.5, 0.6) is 0 Å². The van der Waals surface area contributed by atoms with Crippen LogP contribution in [-0.4, -0.2) is 27.5 Å². The zero-order valence-electron chi connectivity index (χ0n) is 13.8. The third-order valence-electron chi connectivity index (χ3n) is 4.54. The van der Waals surface area contributed by atoms with Crippen molar-refractivity contribution in [1.82, 2.24) is 9.88 Å². The Bertz CT molecular complexity index is 1160. The summed E-state index contributed by atoms with van der Waals surface area (Å²) in [5.41, 5.74) is 2.37. The standard InChI is InChI=1S/C19H12BrClN2O4.H2/c20-11-8-23(6-5-14(24)25)13-7-10(9-3-1-2-4-12(9)21)15-17(16(11)13)19(27)22-18(15)26;/h1-4,7-8H,5-6H2,(H,24,25)(H,22,26,27);1H. The lowest BCUT2D eigenvalue weighted by molar-refractivity contribution is -0.137. The predicted molar refractivity (Wildman–Crippen MR) is 106 cm³/mol. The van der Waals surface area contributed by atoms with Crippen molar-refractivity contribution in [2.75, 3.05) is 0 Å². The zero-order valence-corrected chi connectivity index (χ0v) is 16.1. The van der Waals surface area contributed by atoms with E-state index in [0.717, 1.165) is 0 Å². The number of hydrogen-bond donors (Lipinski definition) is 2. The number of fused-ring (bicyclic) bond motifs is 3. The van der Waals surface area contributed by atoms with Crippen molar-refractivity contribution in [2.45, 2.75) is 13.0 Å². The number of amides is 2. The summed E-state index contributed by atoms with van der Waals surface area (Å²) in [4.78, 5) is 36.0. The number of carboxylic acid groups (broad SMARTS) is 1. The highest BCUT2D eigenvalue weighted by atomic mass is 79.9. The number of hydrogen-bond acceptors (Lipinski definition) is 3. The van der Waals surface area contributed by atoms with Gasteiger partial charge in [-0.25, -0.2) is 0 Å². The Morgan fingerprint density at radius 3 is 2.59 bits per heavy atom. The fourth-order valence-electron chi connectivity index (χ4n) is 3.39. The summed E-state index contributed by atoms with van der Waals surface area (Å²) in [5.74, 6) is -1.88. The second-order valence-electron chi connectivity index (χ2n) is 6.15. The molecule has 0 radical (unpaired) electrons. The molecule has 0 bridgehead atoms. The van der Waals surface area contributed by atoms with Crippen LogP contribution in [-0.2, 0) is 11.3 Å². The van der Waals surface area contributed by atoms with Crippen LogP contribution in [0.3, 0.4) is 0 Å². The van der Waals surface area contributed by atoms with Gasteiger partial charge in [0, 0.05) is 34.6 Å². The summed E-state index contributed by atoms with van der Waals surface area (Å²) < 4.78 is 2.37. The molecule has 2 heterocycles. The monoisotopic (exact) mass is 448 g/mol. The number of nitrogens with one attached hydrogen (secondary N) is 1. The molecule has 27 heavy (non-hydrogen) atoms. The largest absolute Gasteiger partial charge is 0.481 e. The van der Waals surface area contributed by atoms with E-state index in [1.165, 1.54) is 0 Å². The number of aliphatic carboxylic acids is 1. The minimum absolute atomic E-state index is 0. The number of carbonyl (C=O) groups is 3. The normalized spacial score (nSPS) is 13.1. The minimum Gasteiger partial charge on any atom is -0.481 e. The molecule has 2 aromatic carbocycles. The summed E-state index contributed by atoms with van der Waals surface area (Å²) in [6, 6.07) is 8.84. The smallest absolute Gasteiger partial charge is 0.305 e. The molecule has 0 unspecified atom stereocenters. The number of rotatable bonds is 4. The molecular formula is C19H14BrClN2O4. The molecule has 6 nitrogen and oxygen atoms in total. The molecule has 1 aliphatic rings. The lowest BCUT2D eigenvalue weighted by Gasteiger charge is -2.11. The van der Waals surface area contributed by atoms with Gasteiger partial charge in [-0.15, -0.1) is 0 Å². The Balaban J connectivity index is 0.00000225. The van der Waals surface area contributed by atoms with Crippen LogP contribution >= 0.6 is 27.5 Å². The Hall–Kier alpha value is -2.64. The molecule has 4 rings (SSSR count). The van der Waals surface area contributed by atoms with Crippen molar-refractivity contribution in [3.8, 4) is 11.1 Å². The molecule has 0 spiro atoms. The quantitative estimate of drug-likeness (QED) is 0.580. The molecule has 0 saturated carbocycles. The second-order valence-corrected chi connectivity index (χ2v) is 7.41. The number of carboxylic acids is 1. The van der Waals surface area contributed by atoms with E-state index < -0.39 is 17.8 Å². The van der Waals surface area contributed by atoms with E-state index in [-0.39, 0.29) is 25.5 Å². The fourth-order valence-corrected chi connectivity index (χ4v) is 4.28. The van der Waals surface area contributed by atoms with Gasteiger partial charge in [-0.2, -0.15) is 0 Å². The molecule has 3 aromatic rings. The Labute approximate surface area is 168 Å². The average Bonchev–Trinajstić information content (AvgIpc) is 3.09. The van der Waals surface area contributed by atoms with Crippen LogP contribution < -0.4 is 5.32 Å². The van der Waals surface area contributed by atoms with E-state index in [1.807, 2.05) is 0 Å². The van der Waals surface area contributed by atoms with Crippen molar-refractivity contribution >= 4 is 56.2 Å². The van der Waals surface area contributed by atoms with Gasteiger partial charge in [0.2, 0.25) is 0 Å². The van der Waals surface area contributed by atoms with Crippen molar-refractivity contribution in [1.29, 1.82) is 0 Å². The average molecular weight is 450 g/mol. The van der Waals surface area contributed by atoms with E-state index in [2.05, 4.69) is 21.2 Å². The van der Waals surface area contributed by atoms with E-state index in [0.29, 0.717) is 31.5 Å². The van der Waals surface area contributed by atoms with E-state index in [1.54, 1.807) is 41.1 Å². The zero-order chi connectivity index (χ0) is 19.3. The van der Waals surface area contributed by atoms with Gasteiger partial charge in [0.1, 0.15) is 0 Å². The van der Waals surface area contributed by atoms with Gasteiger partial charge in [-0.05, 0) is 33.6 Å².